The molecule has 110 valence electrons. The molecular formula is C15H29N3O. The molecule has 1 amide bonds. The highest BCUT2D eigenvalue weighted by Gasteiger charge is 2.30. The van der Waals surface area contributed by atoms with Gasteiger partial charge in [0.25, 0.3) is 0 Å². The van der Waals surface area contributed by atoms with Gasteiger partial charge in [-0.3, -0.25) is 9.69 Å². The van der Waals surface area contributed by atoms with Gasteiger partial charge in [-0.25, -0.2) is 0 Å². The first-order chi connectivity index (χ1) is 9.09. The molecule has 1 N–H and O–H groups in total. The Kier molecular flexibility index (Phi) is 5.22. The molecule has 2 aliphatic rings. The van der Waals surface area contributed by atoms with Crippen molar-refractivity contribution in [3.8, 4) is 0 Å². The molecule has 0 bridgehead atoms. The summed E-state index contributed by atoms with van der Waals surface area (Å²) in [7, 11) is 0. The van der Waals surface area contributed by atoms with Crippen LogP contribution in [0.5, 0.6) is 0 Å². The Morgan fingerprint density at radius 3 is 2.84 bits per heavy atom. The monoisotopic (exact) mass is 267 g/mol. The van der Waals surface area contributed by atoms with Crippen molar-refractivity contribution in [1.82, 2.24) is 15.1 Å². The molecular weight excluding hydrogens is 238 g/mol. The van der Waals surface area contributed by atoms with E-state index < -0.39 is 0 Å². The molecule has 2 fully saturated rings. The predicted octanol–water partition coefficient (Wildman–Crippen LogP) is 1.32. The lowest BCUT2D eigenvalue weighted by molar-refractivity contribution is -0.135. The molecule has 4 nitrogen and oxygen atoms in total. The summed E-state index contributed by atoms with van der Waals surface area (Å²) < 4.78 is 0. The summed E-state index contributed by atoms with van der Waals surface area (Å²) >= 11 is 0. The van der Waals surface area contributed by atoms with E-state index in [-0.39, 0.29) is 5.92 Å². The number of nitrogens with zero attached hydrogens (tertiary/aromatic N) is 2. The number of nitrogens with one attached hydrogen (secondary N) is 1. The standard InChI is InChI=1S/C15H29N3O/c1-12(2)18-8-5-4-6-14(18)11-17-9-7-16-10-13(3)15(17)19/h12-14,16H,4-11H2,1-3H3. The third-order valence-electron chi connectivity index (χ3n) is 4.51. The third kappa shape index (κ3) is 3.69. The Morgan fingerprint density at radius 2 is 2.11 bits per heavy atom. The SMILES string of the molecule is CC1CNCCN(CC2CCCCN2C(C)C)C1=O. The van der Waals surface area contributed by atoms with Crippen molar-refractivity contribution in [3.05, 3.63) is 0 Å². The van der Waals surface area contributed by atoms with Gasteiger partial charge >= 0.3 is 0 Å². The van der Waals surface area contributed by atoms with Crippen LogP contribution in [-0.2, 0) is 4.79 Å². The molecule has 0 saturated carbocycles. The summed E-state index contributed by atoms with van der Waals surface area (Å²) in [6.45, 7) is 11.3. The fourth-order valence-electron chi connectivity index (χ4n) is 3.38. The van der Waals surface area contributed by atoms with Crippen molar-refractivity contribution in [2.45, 2.75) is 52.1 Å². The first kappa shape index (κ1) is 14.8. The number of rotatable bonds is 3. The smallest absolute Gasteiger partial charge is 0.226 e. The van der Waals surface area contributed by atoms with Gasteiger partial charge in [0.2, 0.25) is 5.91 Å². The maximum absolute atomic E-state index is 12.4. The van der Waals surface area contributed by atoms with Crippen molar-refractivity contribution in [2.75, 3.05) is 32.7 Å². The number of carbonyl (C=O) groups is 1. The lowest BCUT2D eigenvalue weighted by Gasteiger charge is -2.41. The molecule has 0 aliphatic carbocycles. The zero-order valence-electron chi connectivity index (χ0n) is 12.7. The Balaban J connectivity index is 1.99. The average Bonchev–Trinajstić information content (AvgIpc) is 2.55. The van der Waals surface area contributed by atoms with Crippen LogP contribution >= 0.6 is 0 Å². The molecule has 19 heavy (non-hydrogen) atoms. The highest BCUT2D eigenvalue weighted by Crippen LogP contribution is 2.21. The van der Waals surface area contributed by atoms with E-state index in [1.54, 1.807) is 0 Å². The fraction of sp³-hybridized carbons (Fsp3) is 0.933. The van der Waals surface area contributed by atoms with Gasteiger partial charge in [-0.2, -0.15) is 0 Å². The van der Waals surface area contributed by atoms with Gasteiger partial charge in [-0.1, -0.05) is 13.3 Å². The third-order valence-corrected chi connectivity index (χ3v) is 4.51. The van der Waals surface area contributed by atoms with E-state index in [4.69, 9.17) is 0 Å². The second-order valence-corrected chi connectivity index (χ2v) is 6.37. The van der Waals surface area contributed by atoms with E-state index in [0.29, 0.717) is 18.0 Å². The van der Waals surface area contributed by atoms with Crippen LogP contribution in [0.1, 0.15) is 40.0 Å². The van der Waals surface area contributed by atoms with E-state index in [1.165, 1.54) is 25.8 Å². The maximum atomic E-state index is 12.4. The molecule has 2 rings (SSSR count). The van der Waals surface area contributed by atoms with Gasteiger partial charge < -0.3 is 10.2 Å². The quantitative estimate of drug-likeness (QED) is 0.837. The van der Waals surface area contributed by atoms with Crippen LogP contribution in [0.3, 0.4) is 0 Å². The van der Waals surface area contributed by atoms with Gasteiger partial charge in [0.15, 0.2) is 0 Å². The molecule has 0 aromatic heterocycles. The largest absolute Gasteiger partial charge is 0.340 e. The van der Waals surface area contributed by atoms with Crippen molar-refractivity contribution in [1.29, 1.82) is 0 Å². The zero-order chi connectivity index (χ0) is 13.8. The van der Waals surface area contributed by atoms with E-state index in [0.717, 1.165) is 26.2 Å². The van der Waals surface area contributed by atoms with Crippen molar-refractivity contribution in [3.63, 3.8) is 0 Å². The number of hydrogen-bond acceptors (Lipinski definition) is 3. The Morgan fingerprint density at radius 1 is 1.32 bits per heavy atom. The number of piperidine rings is 1. The minimum atomic E-state index is 0.124. The predicted molar refractivity (Wildman–Crippen MR) is 78.1 cm³/mol. The average molecular weight is 267 g/mol. The first-order valence-electron chi connectivity index (χ1n) is 7.85. The molecule has 0 aromatic carbocycles. The highest BCUT2D eigenvalue weighted by molar-refractivity contribution is 5.79. The maximum Gasteiger partial charge on any atom is 0.226 e. The summed E-state index contributed by atoms with van der Waals surface area (Å²) in [6, 6.07) is 1.14. The van der Waals surface area contributed by atoms with Crippen molar-refractivity contribution in [2.24, 2.45) is 5.92 Å². The summed E-state index contributed by atoms with van der Waals surface area (Å²) in [5, 5.41) is 3.35. The molecule has 2 heterocycles. The van der Waals surface area contributed by atoms with Gasteiger partial charge in [0.1, 0.15) is 0 Å². The van der Waals surface area contributed by atoms with Crippen LogP contribution in [-0.4, -0.2) is 60.5 Å². The molecule has 0 radical (unpaired) electrons. The minimum Gasteiger partial charge on any atom is -0.340 e. The van der Waals surface area contributed by atoms with E-state index in [9.17, 15) is 4.79 Å². The molecule has 2 saturated heterocycles. The molecule has 0 aromatic rings. The Bertz CT molecular complexity index is 306. The summed E-state index contributed by atoms with van der Waals surface area (Å²) in [4.78, 5) is 17.0. The van der Waals surface area contributed by atoms with Gasteiger partial charge in [-0.05, 0) is 33.2 Å². The molecule has 4 heteroatoms. The van der Waals surface area contributed by atoms with Gasteiger partial charge in [0, 0.05) is 44.2 Å². The topological polar surface area (TPSA) is 35.6 Å². The van der Waals surface area contributed by atoms with Crippen LogP contribution in [0, 0.1) is 5.92 Å². The van der Waals surface area contributed by atoms with Crippen LogP contribution in [0.4, 0.5) is 0 Å². The van der Waals surface area contributed by atoms with Crippen molar-refractivity contribution >= 4 is 5.91 Å². The summed E-state index contributed by atoms with van der Waals surface area (Å²) in [6.07, 6.45) is 3.86. The lowest BCUT2D eigenvalue weighted by Crippen LogP contribution is -2.51. The van der Waals surface area contributed by atoms with Crippen molar-refractivity contribution < 1.29 is 4.79 Å². The van der Waals surface area contributed by atoms with E-state index in [1.807, 2.05) is 6.92 Å². The van der Waals surface area contributed by atoms with Crippen LogP contribution < -0.4 is 5.32 Å². The molecule has 0 spiro atoms. The number of carbonyl (C=O) groups excluding carboxylic acids is 1. The Labute approximate surface area is 117 Å². The van der Waals surface area contributed by atoms with Crippen LogP contribution in [0.25, 0.3) is 0 Å². The Hall–Kier alpha value is -0.610. The summed E-state index contributed by atoms with van der Waals surface area (Å²) in [5.41, 5.74) is 0. The van der Waals surface area contributed by atoms with Crippen LogP contribution in [0.15, 0.2) is 0 Å². The first-order valence-corrected chi connectivity index (χ1v) is 7.85. The second kappa shape index (κ2) is 6.71. The second-order valence-electron chi connectivity index (χ2n) is 6.37. The van der Waals surface area contributed by atoms with Gasteiger partial charge in [-0.15, -0.1) is 0 Å². The normalized spacial score (nSPS) is 30.7. The lowest BCUT2D eigenvalue weighted by atomic mass is 9.99. The van der Waals surface area contributed by atoms with E-state index in [2.05, 4.69) is 29.0 Å². The van der Waals surface area contributed by atoms with E-state index >= 15 is 0 Å². The number of amides is 1. The molecule has 2 atom stereocenters. The number of likely N-dealkylation sites (tertiary alicyclic amines) is 1. The molecule has 2 aliphatic heterocycles. The minimum absolute atomic E-state index is 0.124. The van der Waals surface area contributed by atoms with Gasteiger partial charge in [0.05, 0.1) is 0 Å². The number of hydrogen-bond donors (Lipinski definition) is 1. The highest BCUT2D eigenvalue weighted by atomic mass is 16.2. The molecule has 2 unspecified atom stereocenters. The van der Waals surface area contributed by atoms with Crippen LogP contribution in [0.2, 0.25) is 0 Å². The fourth-order valence-corrected chi connectivity index (χ4v) is 3.38. The zero-order valence-corrected chi connectivity index (χ0v) is 12.7. The summed E-state index contributed by atoms with van der Waals surface area (Å²) in [5.74, 6) is 0.456.